The van der Waals surface area contributed by atoms with Gasteiger partial charge in [0.05, 0.1) is 0 Å². The second-order valence-electron chi connectivity index (χ2n) is 3.98. The van der Waals surface area contributed by atoms with Crippen LogP contribution in [0.2, 0.25) is 5.02 Å². The van der Waals surface area contributed by atoms with E-state index in [1.165, 1.54) is 16.7 Å². The first-order valence-corrected chi connectivity index (χ1v) is 5.59. The van der Waals surface area contributed by atoms with Crippen LogP contribution >= 0.6 is 11.6 Å². The molecule has 2 heteroatoms. The maximum atomic E-state index is 5.99. The highest BCUT2D eigenvalue weighted by Crippen LogP contribution is 2.31. The molecule has 0 atom stereocenters. The van der Waals surface area contributed by atoms with E-state index in [2.05, 4.69) is 26.0 Å². The van der Waals surface area contributed by atoms with Crippen molar-refractivity contribution in [3.63, 3.8) is 0 Å². The first-order valence-electron chi connectivity index (χ1n) is 5.21. The van der Waals surface area contributed by atoms with Crippen LogP contribution in [-0.2, 0) is 0 Å². The largest absolute Gasteiger partial charge is 0.398 e. The van der Waals surface area contributed by atoms with Gasteiger partial charge in [0.25, 0.3) is 0 Å². The summed E-state index contributed by atoms with van der Waals surface area (Å²) in [6.45, 7) is 4.21. The van der Waals surface area contributed by atoms with Crippen molar-refractivity contribution < 1.29 is 0 Å². The molecule has 2 aromatic carbocycles. The van der Waals surface area contributed by atoms with Crippen LogP contribution in [0.3, 0.4) is 0 Å². The number of anilines is 1. The third-order valence-corrected chi connectivity index (χ3v) is 3.14. The van der Waals surface area contributed by atoms with E-state index in [1.807, 2.05) is 18.2 Å². The molecule has 0 aliphatic heterocycles. The van der Waals surface area contributed by atoms with Crippen LogP contribution in [0.25, 0.3) is 11.1 Å². The topological polar surface area (TPSA) is 26.0 Å². The van der Waals surface area contributed by atoms with E-state index < -0.39 is 0 Å². The van der Waals surface area contributed by atoms with Crippen LogP contribution in [0, 0.1) is 13.8 Å². The van der Waals surface area contributed by atoms with Gasteiger partial charge in [0.15, 0.2) is 0 Å². The SMILES string of the molecule is Cc1cccc(-c2ccc(Cl)cc2N)c1C. The molecule has 1 nitrogen and oxygen atoms in total. The molecule has 0 aromatic heterocycles. The Labute approximate surface area is 101 Å². The fourth-order valence-electron chi connectivity index (χ4n) is 1.82. The molecular weight excluding hydrogens is 218 g/mol. The Bertz CT molecular complexity index is 532. The van der Waals surface area contributed by atoms with Crippen molar-refractivity contribution >= 4 is 17.3 Å². The molecule has 0 fully saturated rings. The van der Waals surface area contributed by atoms with Gasteiger partial charge in [-0.25, -0.2) is 0 Å². The summed E-state index contributed by atoms with van der Waals surface area (Å²) in [4.78, 5) is 0. The maximum Gasteiger partial charge on any atom is 0.0426 e. The van der Waals surface area contributed by atoms with Crippen molar-refractivity contribution in [1.82, 2.24) is 0 Å². The fourth-order valence-corrected chi connectivity index (χ4v) is 2.00. The summed E-state index contributed by atoms with van der Waals surface area (Å²) in [6, 6.07) is 11.9. The van der Waals surface area contributed by atoms with Crippen molar-refractivity contribution in [3.8, 4) is 11.1 Å². The van der Waals surface area contributed by atoms with Crippen molar-refractivity contribution in [2.24, 2.45) is 0 Å². The molecule has 0 unspecified atom stereocenters. The van der Waals surface area contributed by atoms with Crippen molar-refractivity contribution in [2.75, 3.05) is 5.73 Å². The summed E-state index contributed by atoms with van der Waals surface area (Å²) in [5.41, 5.74) is 11.5. The molecule has 0 saturated carbocycles. The molecule has 2 N–H and O–H groups in total. The number of nitrogen functional groups attached to an aromatic ring is 1. The van der Waals surface area contributed by atoms with Gasteiger partial charge in [-0.2, -0.15) is 0 Å². The summed E-state index contributed by atoms with van der Waals surface area (Å²) in [6.07, 6.45) is 0. The van der Waals surface area contributed by atoms with Crippen LogP contribution in [0.1, 0.15) is 11.1 Å². The number of hydrogen-bond acceptors (Lipinski definition) is 1. The van der Waals surface area contributed by atoms with Gasteiger partial charge in [-0.05, 0) is 42.7 Å². The zero-order valence-electron chi connectivity index (χ0n) is 9.42. The Kier molecular flexibility index (Phi) is 2.88. The average Bonchev–Trinajstić information content (AvgIpc) is 2.23. The van der Waals surface area contributed by atoms with E-state index in [4.69, 9.17) is 17.3 Å². The molecule has 16 heavy (non-hydrogen) atoms. The molecule has 82 valence electrons. The normalized spacial score (nSPS) is 10.4. The molecule has 0 heterocycles. The minimum atomic E-state index is 0.673. The summed E-state index contributed by atoms with van der Waals surface area (Å²) in [5, 5.41) is 0.673. The van der Waals surface area contributed by atoms with Crippen LogP contribution in [0.5, 0.6) is 0 Å². The van der Waals surface area contributed by atoms with E-state index in [0.29, 0.717) is 5.02 Å². The molecule has 2 aromatic rings. The molecule has 0 spiro atoms. The van der Waals surface area contributed by atoms with Crippen LogP contribution in [0.4, 0.5) is 5.69 Å². The Morgan fingerprint density at radius 1 is 1.00 bits per heavy atom. The zero-order valence-corrected chi connectivity index (χ0v) is 10.2. The number of aryl methyl sites for hydroxylation is 1. The molecule has 0 radical (unpaired) electrons. The lowest BCUT2D eigenvalue weighted by Crippen LogP contribution is -1.93. The minimum absolute atomic E-state index is 0.673. The number of rotatable bonds is 1. The van der Waals surface area contributed by atoms with Crippen molar-refractivity contribution in [1.29, 1.82) is 0 Å². The summed E-state index contributed by atoms with van der Waals surface area (Å²) in [5.74, 6) is 0. The summed E-state index contributed by atoms with van der Waals surface area (Å²) >= 11 is 5.90. The van der Waals surface area contributed by atoms with Gasteiger partial charge in [0.2, 0.25) is 0 Å². The monoisotopic (exact) mass is 231 g/mol. The molecule has 0 bridgehead atoms. The van der Waals surface area contributed by atoms with E-state index in [-0.39, 0.29) is 0 Å². The molecule has 0 aliphatic carbocycles. The van der Waals surface area contributed by atoms with Gasteiger partial charge in [-0.3, -0.25) is 0 Å². The number of nitrogens with two attached hydrogens (primary N) is 1. The first kappa shape index (κ1) is 11.0. The predicted molar refractivity (Wildman–Crippen MR) is 70.8 cm³/mol. The Balaban J connectivity index is 2.63. The van der Waals surface area contributed by atoms with Crippen molar-refractivity contribution in [3.05, 3.63) is 52.5 Å². The summed E-state index contributed by atoms with van der Waals surface area (Å²) in [7, 11) is 0. The molecule has 0 aliphatic rings. The lowest BCUT2D eigenvalue weighted by atomic mass is 9.96. The smallest absolute Gasteiger partial charge is 0.0426 e. The first-order chi connectivity index (χ1) is 7.59. The molecular formula is C14H14ClN. The lowest BCUT2D eigenvalue weighted by Gasteiger charge is -2.11. The Morgan fingerprint density at radius 2 is 1.75 bits per heavy atom. The molecule has 2 rings (SSSR count). The van der Waals surface area contributed by atoms with Gasteiger partial charge in [0, 0.05) is 16.3 Å². The lowest BCUT2D eigenvalue weighted by molar-refractivity contribution is 1.34. The van der Waals surface area contributed by atoms with Gasteiger partial charge in [-0.15, -0.1) is 0 Å². The Morgan fingerprint density at radius 3 is 2.44 bits per heavy atom. The van der Waals surface area contributed by atoms with Crippen LogP contribution in [-0.4, -0.2) is 0 Å². The third-order valence-electron chi connectivity index (χ3n) is 2.91. The number of halogens is 1. The average molecular weight is 232 g/mol. The number of benzene rings is 2. The van der Waals surface area contributed by atoms with Crippen LogP contribution in [0.15, 0.2) is 36.4 Å². The van der Waals surface area contributed by atoms with Gasteiger partial charge >= 0.3 is 0 Å². The highest BCUT2D eigenvalue weighted by atomic mass is 35.5. The predicted octanol–water partition coefficient (Wildman–Crippen LogP) is 4.21. The Hall–Kier alpha value is -1.47. The quantitative estimate of drug-likeness (QED) is 0.732. The number of hydrogen-bond donors (Lipinski definition) is 1. The fraction of sp³-hybridized carbons (Fsp3) is 0.143. The second kappa shape index (κ2) is 4.18. The van der Waals surface area contributed by atoms with Gasteiger partial charge in [-0.1, -0.05) is 35.9 Å². The minimum Gasteiger partial charge on any atom is -0.398 e. The highest BCUT2D eigenvalue weighted by Gasteiger charge is 2.07. The van der Waals surface area contributed by atoms with Gasteiger partial charge in [0.1, 0.15) is 0 Å². The van der Waals surface area contributed by atoms with Crippen molar-refractivity contribution in [2.45, 2.75) is 13.8 Å². The third kappa shape index (κ3) is 1.91. The second-order valence-corrected chi connectivity index (χ2v) is 4.42. The van der Waals surface area contributed by atoms with Crippen LogP contribution < -0.4 is 5.73 Å². The highest BCUT2D eigenvalue weighted by molar-refractivity contribution is 6.31. The van der Waals surface area contributed by atoms with E-state index in [1.54, 1.807) is 6.07 Å². The molecule has 0 amide bonds. The van der Waals surface area contributed by atoms with E-state index >= 15 is 0 Å². The summed E-state index contributed by atoms with van der Waals surface area (Å²) < 4.78 is 0. The standard InChI is InChI=1S/C14H14ClN/c1-9-4-3-5-12(10(9)2)13-7-6-11(15)8-14(13)16/h3-8H,16H2,1-2H3. The maximum absolute atomic E-state index is 5.99. The van der Waals surface area contributed by atoms with Gasteiger partial charge < -0.3 is 5.73 Å². The van der Waals surface area contributed by atoms with E-state index in [9.17, 15) is 0 Å². The molecule has 0 saturated heterocycles. The zero-order chi connectivity index (χ0) is 11.7. The van der Waals surface area contributed by atoms with E-state index in [0.717, 1.165) is 11.3 Å².